The Morgan fingerprint density at radius 3 is 2.13 bits per heavy atom. The van der Waals surface area contributed by atoms with Gasteiger partial charge in [-0.2, -0.15) is 0 Å². The summed E-state index contributed by atoms with van der Waals surface area (Å²) in [7, 11) is 0. The Bertz CT molecular complexity index is 367. The maximum absolute atomic E-state index is 13.6. The highest BCUT2D eigenvalue weighted by atomic mass is 79.9. The van der Waals surface area contributed by atoms with Crippen molar-refractivity contribution < 1.29 is 8.78 Å². The molecule has 0 N–H and O–H groups in total. The highest BCUT2D eigenvalue weighted by Gasteiger charge is 2.26. The number of aryl methyl sites for hydroxylation is 1. The van der Waals surface area contributed by atoms with Crippen molar-refractivity contribution in [3.8, 4) is 0 Å². The molecular weight excluding hydrogens is 262 g/mol. The summed E-state index contributed by atoms with van der Waals surface area (Å²) in [6.07, 6.45) is 0. The first-order chi connectivity index (χ1) is 6.73. The SMILES string of the molecule is Cc1cc(F)c(C(Br)C(C)(C)C)cc1F. The molecule has 1 aromatic rings. The van der Waals surface area contributed by atoms with E-state index >= 15 is 0 Å². The minimum Gasteiger partial charge on any atom is -0.207 e. The Kier molecular flexibility index (Phi) is 3.54. The summed E-state index contributed by atoms with van der Waals surface area (Å²) >= 11 is 3.41. The zero-order valence-electron chi connectivity index (χ0n) is 9.37. The van der Waals surface area contributed by atoms with Crippen LogP contribution < -0.4 is 0 Å². The lowest BCUT2D eigenvalue weighted by atomic mass is 9.87. The normalized spacial score (nSPS) is 14.1. The number of alkyl halides is 1. The van der Waals surface area contributed by atoms with Crippen LogP contribution in [0.25, 0.3) is 0 Å². The Morgan fingerprint density at radius 2 is 1.67 bits per heavy atom. The third-order valence-corrected chi connectivity index (χ3v) is 4.18. The third kappa shape index (κ3) is 2.77. The lowest BCUT2D eigenvalue weighted by molar-refractivity contribution is 0.396. The monoisotopic (exact) mass is 276 g/mol. The summed E-state index contributed by atoms with van der Waals surface area (Å²) in [4.78, 5) is -0.194. The van der Waals surface area contributed by atoms with Crippen molar-refractivity contribution >= 4 is 15.9 Å². The Balaban J connectivity index is 3.21. The van der Waals surface area contributed by atoms with Crippen molar-refractivity contribution in [2.45, 2.75) is 32.5 Å². The fourth-order valence-electron chi connectivity index (χ4n) is 1.32. The van der Waals surface area contributed by atoms with Gasteiger partial charge in [-0.1, -0.05) is 36.7 Å². The summed E-state index contributed by atoms with van der Waals surface area (Å²) in [6.45, 7) is 7.49. The molecule has 0 aromatic heterocycles. The van der Waals surface area contributed by atoms with Crippen molar-refractivity contribution in [2.75, 3.05) is 0 Å². The second kappa shape index (κ2) is 4.20. The standard InChI is InChI=1S/C12H15BrF2/c1-7-5-10(15)8(6-9(7)14)11(13)12(2,3)4/h5-6,11H,1-4H3. The summed E-state index contributed by atoms with van der Waals surface area (Å²) in [6, 6.07) is 2.51. The molecule has 15 heavy (non-hydrogen) atoms. The van der Waals surface area contributed by atoms with E-state index in [1.165, 1.54) is 12.1 Å². The van der Waals surface area contributed by atoms with Gasteiger partial charge in [-0.05, 0) is 30.0 Å². The van der Waals surface area contributed by atoms with Crippen LogP contribution in [-0.2, 0) is 0 Å². The van der Waals surface area contributed by atoms with E-state index in [0.717, 1.165) is 0 Å². The van der Waals surface area contributed by atoms with Crippen molar-refractivity contribution in [1.82, 2.24) is 0 Å². The molecule has 1 unspecified atom stereocenters. The molecule has 0 aliphatic carbocycles. The van der Waals surface area contributed by atoms with Crippen LogP contribution in [0.4, 0.5) is 8.78 Å². The van der Waals surface area contributed by atoms with Gasteiger partial charge in [0.25, 0.3) is 0 Å². The molecule has 0 amide bonds. The number of hydrogen-bond donors (Lipinski definition) is 0. The zero-order valence-corrected chi connectivity index (χ0v) is 11.0. The van der Waals surface area contributed by atoms with E-state index < -0.39 is 0 Å². The van der Waals surface area contributed by atoms with Crippen molar-refractivity contribution in [3.05, 3.63) is 34.9 Å². The van der Waals surface area contributed by atoms with Crippen molar-refractivity contribution in [1.29, 1.82) is 0 Å². The minimum atomic E-state index is -0.361. The molecule has 0 bridgehead atoms. The van der Waals surface area contributed by atoms with Gasteiger partial charge in [-0.25, -0.2) is 8.78 Å². The molecule has 0 saturated heterocycles. The molecule has 0 radical (unpaired) electrons. The molecule has 3 heteroatoms. The van der Waals surface area contributed by atoms with Gasteiger partial charge in [0.2, 0.25) is 0 Å². The quantitative estimate of drug-likeness (QED) is 0.649. The molecule has 0 saturated carbocycles. The van der Waals surface area contributed by atoms with E-state index in [-0.39, 0.29) is 21.9 Å². The maximum atomic E-state index is 13.6. The molecule has 0 nitrogen and oxygen atoms in total. The van der Waals surface area contributed by atoms with Crippen molar-refractivity contribution in [2.24, 2.45) is 5.41 Å². The van der Waals surface area contributed by atoms with E-state index in [0.29, 0.717) is 11.1 Å². The molecule has 0 spiro atoms. The predicted molar refractivity (Wildman–Crippen MR) is 62.2 cm³/mol. The zero-order chi connectivity index (χ0) is 11.8. The fourth-order valence-corrected chi connectivity index (χ4v) is 1.67. The number of benzene rings is 1. The van der Waals surface area contributed by atoms with Crippen LogP contribution in [0.15, 0.2) is 12.1 Å². The third-order valence-electron chi connectivity index (χ3n) is 2.31. The van der Waals surface area contributed by atoms with Crippen LogP contribution >= 0.6 is 15.9 Å². The van der Waals surface area contributed by atoms with Crippen LogP contribution in [0.1, 0.15) is 36.7 Å². The first-order valence-corrected chi connectivity index (χ1v) is 5.74. The van der Waals surface area contributed by atoms with Crippen molar-refractivity contribution in [3.63, 3.8) is 0 Å². The molecule has 0 aliphatic heterocycles. The van der Waals surface area contributed by atoms with Gasteiger partial charge in [0.05, 0.1) is 0 Å². The van der Waals surface area contributed by atoms with Gasteiger partial charge < -0.3 is 0 Å². The van der Waals surface area contributed by atoms with Crippen LogP contribution in [0, 0.1) is 24.0 Å². The van der Waals surface area contributed by atoms with Crippen LogP contribution in [0.5, 0.6) is 0 Å². The van der Waals surface area contributed by atoms with E-state index in [2.05, 4.69) is 15.9 Å². The maximum Gasteiger partial charge on any atom is 0.128 e. The largest absolute Gasteiger partial charge is 0.207 e. The van der Waals surface area contributed by atoms with E-state index in [4.69, 9.17) is 0 Å². The fraction of sp³-hybridized carbons (Fsp3) is 0.500. The molecule has 1 aromatic carbocycles. The summed E-state index contributed by atoms with van der Waals surface area (Å²) in [5.74, 6) is -0.717. The molecule has 1 atom stereocenters. The van der Waals surface area contributed by atoms with Crippen LogP contribution in [0.2, 0.25) is 0 Å². The van der Waals surface area contributed by atoms with Crippen LogP contribution in [0.3, 0.4) is 0 Å². The second-order valence-electron chi connectivity index (χ2n) is 4.85. The number of rotatable bonds is 1. The van der Waals surface area contributed by atoms with E-state index in [1.807, 2.05) is 20.8 Å². The van der Waals surface area contributed by atoms with Gasteiger partial charge in [0.15, 0.2) is 0 Å². The van der Waals surface area contributed by atoms with Crippen LogP contribution in [-0.4, -0.2) is 0 Å². The molecule has 0 heterocycles. The molecule has 0 aliphatic rings. The average molecular weight is 277 g/mol. The number of hydrogen-bond acceptors (Lipinski definition) is 0. The minimum absolute atomic E-state index is 0.150. The molecule has 1 rings (SSSR count). The van der Waals surface area contributed by atoms with Gasteiger partial charge in [-0.15, -0.1) is 0 Å². The molecule has 84 valence electrons. The summed E-state index contributed by atoms with van der Waals surface area (Å²) in [5.41, 5.74) is 0.568. The first kappa shape index (κ1) is 12.6. The summed E-state index contributed by atoms with van der Waals surface area (Å²) < 4.78 is 26.9. The second-order valence-corrected chi connectivity index (χ2v) is 5.77. The molecular formula is C12H15BrF2. The van der Waals surface area contributed by atoms with Gasteiger partial charge >= 0.3 is 0 Å². The Hall–Kier alpha value is -0.440. The Labute approximate surface area is 97.8 Å². The van der Waals surface area contributed by atoms with Gasteiger partial charge in [0, 0.05) is 10.4 Å². The van der Waals surface area contributed by atoms with Gasteiger partial charge in [0.1, 0.15) is 11.6 Å². The Morgan fingerprint density at radius 1 is 1.13 bits per heavy atom. The summed E-state index contributed by atoms with van der Waals surface area (Å²) in [5, 5.41) is 0. The van der Waals surface area contributed by atoms with E-state index in [1.54, 1.807) is 6.92 Å². The lowest BCUT2D eigenvalue weighted by Crippen LogP contribution is -2.14. The smallest absolute Gasteiger partial charge is 0.128 e. The highest BCUT2D eigenvalue weighted by Crippen LogP contribution is 2.41. The first-order valence-electron chi connectivity index (χ1n) is 4.83. The lowest BCUT2D eigenvalue weighted by Gasteiger charge is -2.26. The topological polar surface area (TPSA) is 0 Å². The van der Waals surface area contributed by atoms with E-state index in [9.17, 15) is 8.78 Å². The highest BCUT2D eigenvalue weighted by molar-refractivity contribution is 9.09. The average Bonchev–Trinajstić information content (AvgIpc) is 2.08. The molecule has 0 fully saturated rings. The predicted octanol–water partition coefficient (Wildman–Crippen LogP) is 4.76. The number of halogens is 3. The van der Waals surface area contributed by atoms with Gasteiger partial charge in [-0.3, -0.25) is 0 Å².